The van der Waals surface area contributed by atoms with E-state index in [1.807, 2.05) is 4.90 Å². The molecule has 7 heteroatoms. The molecule has 1 N–H and O–H groups in total. The Morgan fingerprint density at radius 2 is 1.95 bits per heavy atom. The number of hydrogen-bond donors (Lipinski definition) is 1. The molecule has 0 heterocycles. The van der Waals surface area contributed by atoms with Gasteiger partial charge in [-0.05, 0) is 19.3 Å². The van der Waals surface area contributed by atoms with Gasteiger partial charge in [0, 0.05) is 19.2 Å². The number of aliphatic carboxylic acids is 1. The van der Waals surface area contributed by atoms with Crippen molar-refractivity contribution < 1.29 is 27.8 Å². The van der Waals surface area contributed by atoms with Crippen LogP contribution in [0.25, 0.3) is 0 Å². The molecule has 1 aliphatic carbocycles. The molecule has 0 amide bonds. The molecule has 0 aromatic rings. The number of ether oxygens (including phenoxy) is 1. The predicted molar refractivity (Wildman–Crippen MR) is 63.0 cm³/mol. The molecule has 0 aromatic heterocycles. The van der Waals surface area contributed by atoms with Crippen molar-refractivity contribution in [3.05, 3.63) is 0 Å². The minimum atomic E-state index is -4.30. The van der Waals surface area contributed by atoms with Crippen LogP contribution < -0.4 is 0 Å². The van der Waals surface area contributed by atoms with Crippen LogP contribution in [-0.4, -0.2) is 54.5 Å². The summed E-state index contributed by atoms with van der Waals surface area (Å²) >= 11 is 0. The number of carboxylic acid groups (broad SMARTS) is 1. The molecule has 0 aromatic carbocycles. The van der Waals surface area contributed by atoms with Crippen molar-refractivity contribution in [3.63, 3.8) is 0 Å². The number of carboxylic acids is 1. The third-order valence-electron chi connectivity index (χ3n) is 3.18. The first-order chi connectivity index (χ1) is 8.88. The van der Waals surface area contributed by atoms with Crippen LogP contribution >= 0.6 is 0 Å². The topological polar surface area (TPSA) is 49.8 Å². The highest BCUT2D eigenvalue weighted by Gasteiger charge is 2.27. The summed E-state index contributed by atoms with van der Waals surface area (Å²) in [7, 11) is 0. The van der Waals surface area contributed by atoms with Crippen LogP contribution in [0.3, 0.4) is 0 Å². The molecule has 1 aliphatic rings. The Balaban J connectivity index is 2.22. The van der Waals surface area contributed by atoms with Gasteiger partial charge in [-0.3, -0.25) is 9.69 Å². The second-order valence-electron chi connectivity index (χ2n) is 4.82. The molecule has 1 fully saturated rings. The summed E-state index contributed by atoms with van der Waals surface area (Å²) in [6.45, 7) is -0.823. The molecule has 4 nitrogen and oxygen atoms in total. The number of carbonyl (C=O) groups is 1. The third-order valence-corrected chi connectivity index (χ3v) is 3.18. The summed E-state index contributed by atoms with van der Waals surface area (Å²) in [5, 5.41) is 8.83. The summed E-state index contributed by atoms with van der Waals surface area (Å²) in [5.41, 5.74) is 0. The van der Waals surface area contributed by atoms with E-state index in [1.54, 1.807) is 0 Å². The fraction of sp³-hybridized carbons (Fsp3) is 0.917. The molecular weight excluding hydrogens is 263 g/mol. The highest BCUT2D eigenvalue weighted by Crippen LogP contribution is 2.23. The highest BCUT2D eigenvalue weighted by molar-refractivity contribution is 5.69. The van der Waals surface area contributed by atoms with Gasteiger partial charge < -0.3 is 9.84 Å². The Morgan fingerprint density at radius 1 is 1.32 bits per heavy atom. The molecule has 1 rings (SSSR count). The number of alkyl halides is 3. The molecule has 0 radical (unpaired) electrons. The van der Waals surface area contributed by atoms with Crippen LogP contribution in [0.15, 0.2) is 0 Å². The van der Waals surface area contributed by atoms with E-state index in [4.69, 9.17) is 5.11 Å². The second kappa shape index (κ2) is 7.69. The molecule has 1 saturated carbocycles. The summed E-state index contributed by atoms with van der Waals surface area (Å²) in [4.78, 5) is 12.6. The van der Waals surface area contributed by atoms with Crippen LogP contribution in [0.2, 0.25) is 0 Å². The second-order valence-corrected chi connectivity index (χ2v) is 4.82. The Kier molecular flexibility index (Phi) is 6.57. The molecule has 19 heavy (non-hydrogen) atoms. The summed E-state index contributed by atoms with van der Waals surface area (Å²) in [6, 6.07) is 0.249. The Labute approximate surface area is 110 Å². The smallest absolute Gasteiger partial charge is 0.411 e. The summed E-state index contributed by atoms with van der Waals surface area (Å²) in [5.74, 6) is -0.900. The van der Waals surface area contributed by atoms with Crippen molar-refractivity contribution in [1.82, 2.24) is 4.90 Å². The normalized spacial score (nSPS) is 17.3. The number of nitrogens with zero attached hydrogens (tertiary/aromatic N) is 1. The van der Waals surface area contributed by atoms with E-state index in [0.29, 0.717) is 13.0 Å². The van der Waals surface area contributed by atoms with Crippen molar-refractivity contribution in [2.24, 2.45) is 0 Å². The average Bonchev–Trinajstić information content (AvgIpc) is 2.78. The Morgan fingerprint density at radius 3 is 2.47 bits per heavy atom. The van der Waals surface area contributed by atoms with Gasteiger partial charge in [-0.1, -0.05) is 12.8 Å². The zero-order chi connectivity index (χ0) is 14.3. The maximum absolute atomic E-state index is 11.8. The van der Waals surface area contributed by atoms with Crippen molar-refractivity contribution >= 4 is 5.97 Å². The molecule has 0 saturated heterocycles. The first-order valence-corrected chi connectivity index (χ1v) is 6.49. The largest absolute Gasteiger partial charge is 0.480 e. The van der Waals surface area contributed by atoms with Crippen molar-refractivity contribution in [3.8, 4) is 0 Å². The van der Waals surface area contributed by atoms with E-state index in [2.05, 4.69) is 4.74 Å². The van der Waals surface area contributed by atoms with Crippen LogP contribution in [-0.2, 0) is 9.53 Å². The monoisotopic (exact) mass is 283 g/mol. The SMILES string of the molecule is O=C(O)CN(CCCOCC(F)(F)F)C1CCCC1. The number of halogens is 3. The maximum Gasteiger partial charge on any atom is 0.411 e. The van der Waals surface area contributed by atoms with E-state index >= 15 is 0 Å². The molecule has 0 bridgehead atoms. The minimum Gasteiger partial charge on any atom is -0.480 e. The molecule has 0 atom stereocenters. The van der Waals surface area contributed by atoms with Gasteiger partial charge in [-0.15, -0.1) is 0 Å². The first-order valence-electron chi connectivity index (χ1n) is 6.49. The maximum atomic E-state index is 11.8. The highest BCUT2D eigenvalue weighted by atomic mass is 19.4. The van der Waals surface area contributed by atoms with E-state index < -0.39 is 18.8 Å². The van der Waals surface area contributed by atoms with Gasteiger partial charge in [0.1, 0.15) is 6.61 Å². The zero-order valence-corrected chi connectivity index (χ0v) is 10.8. The van der Waals surface area contributed by atoms with Crippen LogP contribution in [0.5, 0.6) is 0 Å². The van der Waals surface area contributed by atoms with Gasteiger partial charge in [-0.25, -0.2) is 0 Å². The fourth-order valence-electron chi connectivity index (χ4n) is 2.39. The van der Waals surface area contributed by atoms with E-state index in [-0.39, 0.29) is 19.2 Å². The van der Waals surface area contributed by atoms with Gasteiger partial charge in [0.25, 0.3) is 0 Å². The summed E-state index contributed by atoms with van der Waals surface area (Å²) in [6.07, 6.45) is 0.232. The third kappa shape index (κ3) is 7.37. The van der Waals surface area contributed by atoms with Gasteiger partial charge in [0.15, 0.2) is 0 Å². The zero-order valence-electron chi connectivity index (χ0n) is 10.8. The van der Waals surface area contributed by atoms with Crippen LogP contribution in [0, 0.1) is 0 Å². The quantitative estimate of drug-likeness (QED) is 0.694. The van der Waals surface area contributed by atoms with Gasteiger partial charge in [0.05, 0.1) is 6.54 Å². The van der Waals surface area contributed by atoms with Crippen LogP contribution in [0.4, 0.5) is 13.2 Å². The van der Waals surface area contributed by atoms with Crippen molar-refractivity contribution in [1.29, 1.82) is 0 Å². The minimum absolute atomic E-state index is 0.00233. The lowest BCUT2D eigenvalue weighted by Crippen LogP contribution is -2.38. The van der Waals surface area contributed by atoms with E-state index in [1.165, 1.54) is 0 Å². The van der Waals surface area contributed by atoms with Crippen molar-refractivity contribution in [2.75, 3.05) is 26.3 Å². The van der Waals surface area contributed by atoms with Gasteiger partial charge >= 0.3 is 12.1 Å². The standard InChI is InChI=1S/C12H20F3NO3/c13-12(14,15)9-19-7-3-6-16(8-11(17)18)10-4-1-2-5-10/h10H,1-9H2,(H,17,18). The first kappa shape index (κ1) is 16.2. The lowest BCUT2D eigenvalue weighted by Gasteiger charge is -2.26. The molecular formula is C12H20F3NO3. The predicted octanol–water partition coefficient (Wildman–Crippen LogP) is 2.28. The van der Waals surface area contributed by atoms with Gasteiger partial charge in [-0.2, -0.15) is 13.2 Å². The van der Waals surface area contributed by atoms with E-state index in [9.17, 15) is 18.0 Å². The van der Waals surface area contributed by atoms with Gasteiger partial charge in [0.2, 0.25) is 0 Å². The molecule has 112 valence electrons. The van der Waals surface area contributed by atoms with Crippen LogP contribution in [0.1, 0.15) is 32.1 Å². The van der Waals surface area contributed by atoms with E-state index in [0.717, 1.165) is 25.7 Å². The Bertz CT molecular complexity index is 278. The molecule has 0 spiro atoms. The number of rotatable bonds is 8. The molecule has 0 aliphatic heterocycles. The Hall–Kier alpha value is -0.820. The summed E-state index contributed by atoms with van der Waals surface area (Å²) < 4.78 is 40.1. The lowest BCUT2D eigenvalue weighted by atomic mass is 10.2. The number of hydrogen-bond acceptors (Lipinski definition) is 3. The average molecular weight is 283 g/mol. The fourth-order valence-corrected chi connectivity index (χ4v) is 2.39. The lowest BCUT2D eigenvalue weighted by molar-refractivity contribution is -0.174. The van der Waals surface area contributed by atoms with Crippen molar-refractivity contribution in [2.45, 2.75) is 44.3 Å². The molecule has 0 unspecified atom stereocenters.